The van der Waals surface area contributed by atoms with E-state index in [0.717, 1.165) is 17.7 Å². The third kappa shape index (κ3) is 6.22. The van der Waals surface area contributed by atoms with E-state index in [1.54, 1.807) is 12.1 Å². The number of phenolic OH excluding ortho intramolecular Hbond substituents is 1. The lowest BCUT2D eigenvalue weighted by molar-refractivity contribution is -0.137. The summed E-state index contributed by atoms with van der Waals surface area (Å²) in [6.07, 6.45) is -3.70. The first-order chi connectivity index (χ1) is 15.3. The Kier molecular flexibility index (Phi) is 7.34. The molecule has 0 saturated heterocycles. The third-order valence-electron chi connectivity index (χ3n) is 4.77. The van der Waals surface area contributed by atoms with Gasteiger partial charge in [0.1, 0.15) is 5.75 Å². The molecular weight excluding hydrogens is 421 g/mol. The SMILES string of the molecule is CCN(CC)c1nc(NCCc2ccc(O)cc2)nc(Nc2ccc(C(F)(F)F)cc2)n1. The van der Waals surface area contributed by atoms with Gasteiger partial charge in [-0.1, -0.05) is 12.1 Å². The molecule has 0 radical (unpaired) electrons. The van der Waals surface area contributed by atoms with Gasteiger partial charge in [0.25, 0.3) is 0 Å². The molecule has 0 aliphatic rings. The molecule has 0 bridgehead atoms. The Hall–Kier alpha value is -3.56. The summed E-state index contributed by atoms with van der Waals surface area (Å²) in [5.41, 5.74) is 0.750. The molecule has 7 nitrogen and oxygen atoms in total. The second kappa shape index (κ2) is 10.2. The van der Waals surface area contributed by atoms with Gasteiger partial charge in [-0.2, -0.15) is 28.1 Å². The molecule has 1 heterocycles. The zero-order chi connectivity index (χ0) is 23.1. The summed E-state index contributed by atoms with van der Waals surface area (Å²) >= 11 is 0. The molecular formula is C22H25F3N6O. The van der Waals surface area contributed by atoms with Gasteiger partial charge in [0.15, 0.2) is 0 Å². The predicted octanol–water partition coefficient (Wildman–Crippen LogP) is 4.84. The number of hydrogen-bond donors (Lipinski definition) is 3. The summed E-state index contributed by atoms with van der Waals surface area (Å²) in [6.45, 7) is 5.88. The Morgan fingerprint density at radius 1 is 0.875 bits per heavy atom. The third-order valence-corrected chi connectivity index (χ3v) is 4.77. The maximum Gasteiger partial charge on any atom is 0.416 e. The van der Waals surface area contributed by atoms with Crippen LogP contribution in [0.1, 0.15) is 25.0 Å². The highest BCUT2D eigenvalue weighted by molar-refractivity contribution is 5.56. The number of alkyl halides is 3. The minimum Gasteiger partial charge on any atom is -0.508 e. The number of nitrogens with zero attached hydrogens (tertiary/aromatic N) is 4. The van der Waals surface area contributed by atoms with Gasteiger partial charge < -0.3 is 20.6 Å². The Morgan fingerprint density at radius 3 is 2.09 bits per heavy atom. The molecule has 1 aromatic heterocycles. The second-order valence-electron chi connectivity index (χ2n) is 7.00. The smallest absolute Gasteiger partial charge is 0.416 e. The second-order valence-corrected chi connectivity index (χ2v) is 7.00. The van der Waals surface area contributed by atoms with Crippen LogP contribution < -0.4 is 15.5 Å². The van der Waals surface area contributed by atoms with Crippen molar-refractivity contribution in [1.29, 1.82) is 0 Å². The van der Waals surface area contributed by atoms with Crippen LogP contribution in [0, 0.1) is 0 Å². The fourth-order valence-electron chi connectivity index (χ4n) is 3.00. The number of benzene rings is 2. The van der Waals surface area contributed by atoms with Crippen molar-refractivity contribution in [2.75, 3.05) is 35.2 Å². The predicted molar refractivity (Wildman–Crippen MR) is 118 cm³/mol. The van der Waals surface area contributed by atoms with Crippen molar-refractivity contribution in [3.8, 4) is 5.75 Å². The number of anilines is 4. The molecule has 0 unspecified atom stereocenters. The molecule has 0 amide bonds. The number of hydrogen-bond acceptors (Lipinski definition) is 7. The lowest BCUT2D eigenvalue weighted by atomic mass is 10.1. The van der Waals surface area contributed by atoms with Crippen LogP contribution >= 0.6 is 0 Å². The summed E-state index contributed by atoms with van der Waals surface area (Å²) in [7, 11) is 0. The van der Waals surface area contributed by atoms with Crippen molar-refractivity contribution in [2.24, 2.45) is 0 Å². The van der Waals surface area contributed by atoms with Gasteiger partial charge in [0, 0.05) is 25.3 Å². The minimum atomic E-state index is -4.39. The molecule has 0 saturated carbocycles. The van der Waals surface area contributed by atoms with Crippen LogP contribution in [0.4, 0.5) is 36.7 Å². The molecule has 2 aromatic carbocycles. The van der Waals surface area contributed by atoms with Gasteiger partial charge in [-0.05, 0) is 62.2 Å². The number of nitrogens with one attached hydrogen (secondary N) is 2. The van der Waals surface area contributed by atoms with E-state index in [1.807, 2.05) is 30.9 Å². The van der Waals surface area contributed by atoms with Gasteiger partial charge in [-0.3, -0.25) is 0 Å². The van der Waals surface area contributed by atoms with Crippen LogP contribution in [0.25, 0.3) is 0 Å². The zero-order valence-electron chi connectivity index (χ0n) is 17.8. The quantitative estimate of drug-likeness (QED) is 0.434. The maximum absolute atomic E-state index is 12.8. The molecule has 10 heteroatoms. The van der Waals surface area contributed by atoms with Crippen LogP contribution in [0.2, 0.25) is 0 Å². The summed E-state index contributed by atoms with van der Waals surface area (Å²) in [6, 6.07) is 11.6. The van der Waals surface area contributed by atoms with Crippen LogP contribution in [0.15, 0.2) is 48.5 Å². The van der Waals surface area contributed by atoms with Crippen molar-refractivity contribution in [2.45, 2.75) is 26.4 Å². The molecule has 32 heavy (non-hydrogen) atoms. The Labute approximate surface area is 184 Å². The maximum atomic E-state index is 12.8. The number of halogens is 3. The van der Waals surface area contributed by atoms with E-state index in [1.165, 1.54) is 12.1 Å². The van der Waals surface area contributed by atoms with Crippen molar-refractivity contribution in [3.63, 3.8) is 0 Å². The highest BCUT2D eigenvalue weighted by atomic mass is 19.4. The normalized spacial score (nSPS) is 11.3. The Bertz CT molecular complexity index is 1010. The topological polar surface area (TPSA) is 86.2 Å². The monoisotopic (exact) mass is 446 g/mol. The molecule has 0 fully saturated rings. The summed E-state index contributed by atoms with van der Waals surface area (Å²) in [5, 5.41) is 15.5. The van der Waals surface area contributed by atoms with Crippen molar-refractivity contribution in [1.82, 2.24) is 15.0 Å². The Balaban J connectivity index is 1.77. The van der Waals surface area contributed by atoms with Gasteiger partial charge >= 0.3 is 6.18 Å². The number of aromatic nitrogens is 3. The van der Waals surface area contributed by atoms with E-state index in [-0.39, 0.29) is 11.7 Å². The summed E-state index contributed by atoms with van der Waals surface area (Å²) in [5.74, 6) is 1.26. The standard InChI is InChI=1S/C22H25F3N6O/c1-3-31(4-2)21-29-19(26-14-13-15-5-11-18(32)12-6-15)28-20(30-21)27-17-9-7-16(8-10-17)22(23,24)25/h5-12,32H,3-4,13-14H2,1-2H3,(H2,26,27,28,29,30). The van der Waals surface area contributed by atoms with E-state index >= 15 is 0 Å². The van der Waals surface area contributed by atoms with Crippen molar-refractivity contribution < 1.29 is 18.3 Å². The fourth-order valence-corrected chi connectivity index (χ4v) is 3.00. The van der Waals surface area contributed by atoms with Crippen LogP contribution in [-0.2, 0) is 12.6 Å². The molecule has 3 N–H and O–H groups in total. The molecule has 170 valence electrons. The lowest BCUT2D eigenvalue weighted by Gasteiger charge is -2.20. The molecule has 3 aromatic rings. The summed E-state index contributed by atoms with van der Waals surface area (Å²) in [4.78, 5) is 15.2. The minimum absolute atomic E-state index is 0.210. The van der Waals surface area contributed by atoms with Gasteiger partial charge in [-0.15, -0.1) is 0 Å². The highest BCUT2D eigenvalue weighted by Gasteiger charge is 2.30. The van der Waals surface area contributed by atoms with Gasteiger partial charge in [0.05, 0.1) is 5.56 Å². The Morgan fingerprint density at radius 2 is 1.50 bits per heavy atom. The number of aromatic hydroxyl groups is 1. The average Bonchev–Trinajstić information content (AvgIpc) is 2.76. The number of phenols is 1. The van der Waals surface area contributed by atoms with Crippen molar-refractivity contribution >= 4 is 23.5 Å². The summed E-state index contributed by atoms with van der Waals surface area (Å²) < 4.78 is 38.4. The first kappa shape index (κ1) is 23.1. The van der Waals surface area contributed by atoms with E-state index in [9.17, 15) is 18.3 Å². The molecule has 0 aliphatic heterocycles. The van der Waals surface area contributed by atoms with Gasteiger partial charge in [0.2, 0.25) is 17.8 Å². The zero-order valence-corrected chi connectivity index (χ0v) is 17.8. The highest BCUT2D eigenvalue weighted by Crippen LogP contribution is 2.30. The molecule has 0 aliphatic carbocycles. The van der Waals surface area contributed by atoms with Crippen LogP contribution in [0.3, 0.4) is 0 Å². The van der Waals surface area contributed by atoms with E-state index in [2.05, 4.69) is 25.6 Å². The van der Waals surface area contributed by atoms with Crippen LogP contribution in [-0.4, -0.2) is 39.7 Å². The largest absolute Gasteiger partial charge is 0.508 e. The lowest BCUT2D eigenvalue weighted by Crippen LogP contribution is -2.25. The average molecular weight is 446 g/mol. The molecule has 0 atom stereocenters. The van der Waals surface area contributed by atoms with Crippen LogP contribution in [0.5, 0.6) is 5.75 Å². The first-order valence-corrected chi connectivity index (χ1v) is 10.3. The fraction of sp³-hybridized carbons (Fsp3) is 0.318. The molecule has 3 rings (SSSR count). The number of rotatable bonds is 9. The first-order valence-electron chi connectivity index (χ1n) is 10.3. The molecule has 0 spiro atoms. The van der Waals surface area contributed by atoms with Gasteiger partial charge in [-0.25, -0.2) is 0 Å². The van der Waals surface area contributed by atoms with Crippen molar-refractivity contribution in [3.05, 3.63) is 59.7 Å². The van der Waals surface area contributed by atoms with E-state index in [4.69, 9.17) is 0 Å². The van der Waals surface area contributed by atoms with E-state index in [0.29, 0.717) is 43.6 Å². The van der Waals surface area contributed by atoms with E-state index < -0.39 is 11.7 Å².